The van der Waals surface area contributed by atoms with Gasteiger partial charge in [-0.05, 0) is 46.0 Å². The Morgan fingerprint density at radius 1 is 1.08 bits per heavy atom. The Hall–Kier alpha value is -2.53. The van der Waals surface area contributed by atoms with Crippen molar-refractivity contribution in [2.75, 3.05) is 26.2 Å². The molecule has 2 saturated heterocycles. The molecule has 5 amide bonds. The fourth-order valence-corrected chi connectivity index (χ4v) is 6.23. The van der Waals surface area contributed by atoms with E-state index in [4.69, 9.17) is 0 Å². The van der Waals surface area contributed by atoms with Gasteiger partial charge in [-0.3, -0.25) is 29.7 Å². The summed E-state index contributed by atoms with van der Waals surface area (Å²) in [6, 6.07) is -0.807. The number of hydroxylamine groups is 2. The summed E-state index contributed by atoms with van der Waals surface area (Å²) < 4.78 is -0.245. The van der Waals surface area contributed by atoms with Crippen LogP contribution in [-0.4, -0.2) is 92.7 Å². The molecule has 3 N–H and O–H groups in total. The van der Waals surface area contributed by atoms with Gasteiger partial charge in [-0.2, -0.15) is 4.79 Å². The van der Waals surface area contributed by atoms with Crippen molar-refractivity contribution in [2.24, 2.45) is 17.8 Å². The Bertz CT molecular complexity index is 867. The van der Waals surface area contributed by atoms with Gasteiger partial charge in [0.2, 0.25) is 24.1 Å². The van der Waals surface area contributed by atoms with Crippen LogP contribution in [-0.2, 0) is 19.2 Å². The first-order chi connectivity index (χ1) is 16.9. The van der Waals surface area contributed by atoms with E-state index in [1.807, 2.05) is 20.8 Å². The van der Waals surface area contributed by atoms with Crippen molar-refractivity contribution in [3.63, 3.8) is 0 Å². The van der Waals surface area contributed by atoms with Gasteiger partial charge < -0.3 is 10.0 Å². The highest BCUT2D eigenvalue weighted by Crippen LogP contribution is 2.35. The number of imide groups is 1. The Kier molecular flexibility index (Phi) is 8.76. The van der Waals surface area contributed by atoms with Crippen LogP contribution in [0.2, 0.25) is 0 Å². The highest BCUT2D eigenvalue weighted by atomic mass is 16.5. The quantitative estimate of drug-likeness (QED) is 0.149. The molecule has 0 aromatic carbocycles. The highest BCUT2D eigenvalue weighted by Gasteiger charge is 2.55. The predicted molar refractivity (Wildman–Crippen MR) is 128 cm³/mol. The highest BCUT2D eigenvalue weighted by molar-refractivity contribution is 6.00. The number of nitrogens with one attached hydrogen (secondary N) is 1. The second kappa shape index (κ2) is 11.2. The third-order valence-electron chi connectivity index (χ3n) is 8.47. The van der Waals surface area contributed by atoms with Crippen LogP contribution in [0.25, 0.3) is 0 Å². The monoisotopic (exact) mass is 509 g/mol. The first-order valence-corrected chi connectivity index (χ1v) is 13.1. The Morgan fingerprint density at radius 3 is 2.31 bits per heavy atom. The molecule has 3 fully saturated rings. The molecule has 2 aliphatic heterocycles. The van der Waals surface area contributed by atoms with Crippen LogP contribution in [0, 0.1) is 17.8 Å². The van der Waals surface area contributed by atoms with Crippen LogP contribution in [0.4, 0.5) is 4.79 Å². The van der Waals surface area contributed by atoms with Crippen molar-refractivity contribution in [1.82, 2.24) is 15.3 Å². The van der Waals surface area contributed by atoms with E-state index < -0.39 is 41.3 Å². The Labute approximate surface area is 212 Å². The van der Waals surface area contributed by atoms with Gasteiger partial charge in [0, 0.05) is 13.0 Å². The SMILES string of the molecule is CC(C)(C)[N+]1(C(=O)O)CCC(C(=O)NC(=O)[C@@H]2CCCN2C(=O)[C@H](CC2CCCC2)CN(O)C=O)C1. The number of quaternary nitrogens is 1. The van der Waals surface area contributed by atoms with Crippen LogP contribution in [0.3, 0.4) is 0 Å². The number of hydrogen-bond donors (Lipinski definition) is 3. The Balaban J connectivity index is 1.66. The van der Waals surface area contributed by atoms with Crippen LogP contribution < -0.4 is 5.32 Å². The molecule has 36 heavy (non-hydrogen) atoms. The number of hydrogen-bond acceptors (Lipinski definition) is 6. The fraction of sp³-hybridized carbons (Fsp3) is 0.800. The van der Waals surface area contributed by atoms with E-state index in [-0.39, 0.29) is 29.9 Å². The van der Waals surface area contributed by atoms with E-state index in [2.05, 4.69) is 5.32 Å². The fourth-order valence-electron chi connectivity index (χ4n) is 6.23. The number of carboxylic acid groups (broad SMARTS) is 1. The number of nitrogens with zero attached hydrogens (tertiary/aromatic N) is 3. The average Bonchev–Trinajstić information content (AvgIpc) is 3.58. The summed E-state index contributed by atoms with van der Waals surface area (Å²) in [5.74, 6) is -2.24. The van der Waals surface area contributed by atoms with Crippen LogP contribution in [0.15, 0.2) is 0 Å². The van der Waals surface area contributed by atoms with E-state index in [0.717, 1.165) is 25.7 Å². The largest absolute Gasteiger partial charge is 0.514 e. The molecule has 1 aliphatic carbocycles. The van der Waals surface area contributed by atoms with Crippen molar-refractivity contribution < 1.29 is 38.8 Å². The molecule has 2 heterocycles. The summed E-state index contributed by atoms with van der Waals surface area (Å²) in [6.45, 7) is 6.12. The number of rotatable bonds is 8. The first-order valence-electron chi connectivity index (χ1n) is 13.1. The van der Waals surface area contributed by atoms with Gasteiger partial charge in [0.15, 0.2) is 0 Å². The molecule has 4 atom stereocenters. The second-order valence-corrected chi connectivity index (χ2v) is 11.7. The van der Waals surface area contributed by atoms with Crippen molar-refractivity contribution in [3.8, 4) is 0 Å². The van der Waals surface area contributed by atoms with Crippen molar-refractivity contribution in [3.05, 3.63) is 0 Å². The van der Waals surface area contributed by atoms with Gasteiger partial charge in [-0.15, -0.1) is 0 Å². The summed E-state index contributed by atoms with van der Waals surface area (Å²) in [5, 5.41) is 22.6. The summed E-state index contributed by atoms with van der Waals surface area (Å²) in [4.78, 5) is 64.0. The maximum atomic E-state index is 13.5. The summed E-state index contributed by atoms with van der Waals surface area (Å²) >= 11 is 0. The van der Waals surface area contributed by atoms with Crippen LogP contribution in [0.1, 0.15) is 72.1 Å². The zero-order chi connectivity index (χ0) is 26.7. The number of amides is 5. The lowest BCUT2D eigenvalue weighted by molar-refractivity contribution is -0.892. The molecule has 0 aromatic rings. The lowest BCUT2D eigenvalue weighted by Crippen LogP contribution is -2.62. The number of carbonyl (C=O) groups is 5. The molecule has 3 rings (SSSR count). The molecule has 0 bridgehead atoms. The minimum absolute atomic E-state index is 0.104. The summed E-state index contributed by atoms with van der Waals surface area (Å²) in [6.07, 6.45) is 5.40. The first kappa shape index (κ1) is 28.0. The zero-order valence-electron chi connectivity index (χ0n) is 21.6. The molecule has 1 saturated carbocycles. The van der Waals surface area contributed by atoms with E-state index in [1.165, 1.54) is 4.90 Å². The van der Waals surface area contributed by atoms with Gasteiger partial charge in [0.1, 0.15) is 18.1 Å². The van der Waals surface area contributed by atoms with Crippen molar-refractivity contribution >= 4 is 30.2 Å². The molecule has 2 unspecified atom stereocenters. The number of likely N-dealkylation sites (tertiary alicyclic amines) is 2. The van der Waals surface area contributed by atoms with Gasteiger partial charge in [0.25, 0.3) is 0 Å². The van der Waals surface area contributed by atoms with E-state index in [0.29, 0.717) is 49.8 Å². The third-order valence-corrected chi connectivity index (χ3v) is 8.47. The molecule has 3 aliphatic rings. The third kappa shape index (κ3) is 5.88. The second-order valence-electron chi connectivity index (χ2n) is 11.7. The number of carbonyl (C=O) groups excluding carboxylic acids is 4. The molecular formula is C25H41N4O7+. The van der Waals surface area contributed by atoms with E-state index >= 15 is 0 Å². The lowest BCUT2D eigenvalue weighted by Gasteiger charge is -2.40. The topological polar surface area (TPSA) is 144 Å². The average molecular weight is 510 g/mol. The molecule has 202 valence electrons. The maximum absolute atomic E-state index is 13.5. The van der Waals surface area contributed by atoms with E-state index in [1.54, 1.807) is 0 Å². The van der Waals surface area contributed by atoms with E-state index in [9.17, 15) is 34.3 Å². The predicted octanol–water partition coefficient (Wildman–Crippen LogP) is 1.98. The lowest BCUT2D eigenvalue weighted by atomic mass is 9.91. The standard InChI is InChI=1S/C25H40N4O7/c1-25(2,3)29(24(34)35)12-10-18(15-29)21(31)26-22(32)20-9-6-11-28(20)23(33)19(14-27(36)16-30)13-17-7-4-5-8-17/h16-20,36H,4-15H2,1-3H3,(H-,26,31,32,34,35)/p+1/t18?,19-,20+,29?/m1/s1. The van der Waals surface area contributed by atoms with Gasteiger partial charge in [-0.1, -0.05) is 25.7 Å². The van der Waals surface area contributed by atoms with Gasteiger partial charge in [-0.25, -0.2) is 9.55 Å². The van der Waals surface area contributed by atoms with Gasteiger partial charge in [0.05, 0.1) is 24.9 Å². The molecule has 11 nitrogen and oxygen atoms in total. The van der Waals surface area contributed by atoms with Gasteiger partial charge >= 0.3 is 6.09 Å². The Morgan fingerprint density at radius 2 is 1.75 bits per heavy atom. The molecule has 11 heteroatoms. The normalized spacial score (nSPS) is 27.6. The minimum atomic E-state index is -0.988. The molecule has 0 aromatic heterocycles. The molecule has 0 spiro atoms. The van der Waals surface area contributed by atoms with Crippen molar-refractivity contribution in [1.29, 1.82) is 0 Å². The molecule has 0 radical (unpaired) electrons. The zero-order valence-corrected chi connectivity index (χ0v) is 21.6. The smallest absolute Gasteiger partial charge is 0.435 e. The minimum Gasteiger partial charge on any atom is -0.435 e. The van der Waals surface area contributed by atoms with Crippen LogP contribution in [0.5, 0.6) is 0 Å². The maximum Gasteiger partial charge on any atom is 0.514 e. The summed E-state index contributed by atoms with van der Waals surface area (Å²) in [7, 11) is 0. The van der Waals surface area contributed by atoms with Crippen LogP contribution >= 0.6 is 0 Å². The molecular weight excluding hydrogens is 468 g/mol. The van der Waals surface area contributed by atoms with Crippen molar-refractivity contribution in [2.45, 2.75) is 83.7 Å². The summed E-state index contributed by atoms with van der Waals surface area (Å²) in [5.41, 5.74) is -0.601.